The van der Waals surface area contributed by atoms with E-state index in [4.69, 9.17) is 0 Å². The predicted octanol–water partition coefficient (Wildman–Crippen LogP) is 3.58. The predicted molar refractivity (Wildman–Crippen MR) is 116 cm³/mol. The van der Waals surface area contributed by atoms with E-state index in [9.17, 15) is 9.59 Å². The molecule has 30 heavy (non-hydrogen) atoms. The van der Waals surface area contributed by atoms with Gasteiger partial charge in [0.05, 0.1) is 17.0 Å². The van der Waals surface area contributed by atoms with Gasteiger partial charge in [0.15, 0.2) is 5.16 Å². The van der Waals surface area contributed by atoms with Crippen LogP contribution in [0.2, 0.25) is 0 Å². The van der Waals surface area contributed by atoms with Gasteiger partial charge in [-0.25, -0.2) is 0 Å². The highest BCUT2D eigenvalue weighted by atomic mass is 32.2. The average Bonchev–Trinajstić information content (AvgIpc) is 3.53. The number of hydrogen-bond acceptors (Lipinski definition) is 5. The van der Waals surface area contributed by atoms with Crippen molar-refractivity contribution in [3.8, 4) is 0 Å². The molecule has 0 unspecified atom stereocenters. The van der Waals surface area contributed by atoms with E-state index in [-0.39, 0.29) is 17.6 Å². The first-order valence-corrected chi connectivity index (χ1v) is 10.9. The smallest absolute Gasteiger partial charge is 0.253 e. The van der Waals surface area contributed by atoms with Crippen LogP contribution in [0.15, 0.2) is 59.8 Å². The molecular weight excluding hydrogens is 398 g/mol. The molecule has 2 aromatic carbocycles. The van der Waals surface area contributed by atoms with Crippen LogP contribution in [-0.2, 0) is 11.3 Å². The number of aromatic nitrogens is 3. The van der Waals surface area contributed by atoms with Crippen LogP contribution in [0.5, 0.6) is 0 Å². The molecule has 2 N–H and O–H groups in total. The van der Waals surface area contributed by atoms with Gasteiger partial charge in [-0.3, -0.25) is 9.59 Å². The molecule has 1 aliphatic carbocycles. The number of nitrogens with one attached hydrogen (secondary N) is 2. The van der Waals surface area contributed by atoms with Crippen LogP contribution in [0.3, 0.4) is 0 Å². The second kappa shape index (κ2) is 9.13. The fourth-order valence-corrected chi connectivity index (χ4v) is 4.03. The SMILES string of the molecule is Cc1nnc(SCC(=O)Nc2ccccc2C(=O)NCc2ccccc2)n1C1CC1. The number of aryl methyl sites for hydroxylation is 1. The number of hydrogen-bond donors (Lipinski definition) is 2. The summed E-state index contributed by atoms with van der Waals surface area (Å²) < 4.78 is 2.10. The summed E-state index contributed by atoms with van der Waals surface area (Å²) in [7, 11) is 0. The number of nitrogens with zero attached hydrogens (tertiary/aromatic N) is 3. The number of rotatable bonds is 8. The second-order valence-corrected chi connectivity index (χ2v) is 8.12. The van der Waals surface area contributed by atoms with Gasteiger partial charge < -0.3 is 15.2 Å². The summed E-state index contributed by atoms with van der Waals surface area (Å²) in [6.07, 6.45) is 2.26. The van der Waals surface area contributed by atoms with E-state index >= 15 is 0 Å². The largest absolute Gasteiger partial charge is 0.348 e. The van der Waals surface area contributed by atoms with Crippen molar-refractivity contribution < 1.29 is 9.59 Å². The number of amides is 2. The number of carbonyl (C=O) groups excluding carboxylic acids is 2. The highest BCUT2D eigenvalue weighted by Crippen LogP contribution is 2.38. The molecule has 0 aliphatic heterocycles. The van der Waals surface area contributed by atoms with Crippen LogP contribution >= 0.6 is 11.8 Å². The Morgan fingerprint density at radius 1 is 1.07 bits per heavy atom. The van der Waals surface area contributed by atoms with Gasteiger partial charge >= 0.3 is 0 Å². The Morgan fingerprint density at radius 3 is 2.57 bits per heavy atom. The van der Waals surface area contributed by atoms with Crippen molar-refractivity contribution in [1.29, 1.82) is 0 Å². The molecule has 1 heterocycles. The zero-order valence-corrected chi connectivity index (χ0v) is 17.5. The molecule has 0 radical (unpaired) electrons. The van der Waals surface area contributed by atoms with Gasteiger partial charge in [0.2, 0.25) is 5.91 Å². The van der Waals surface area contributed by atoms with Gasteiger partial charge in [0, 0.05) is 12.6 Å². The number of anilines is 1. The molecule has 0 bridgehead atoms. The van der Waals surface area contributed by atoms with Crippen LogP contribution < -0.4 is 10.6 Å². The van der Waals surface area contributed by atoms with Gasteiger partial charge in [-0.15, -0.1) is 10.2 Å². The molecule has 7 nitrogen and oxygen atoms in total. The van der Waals surface area contributed by atoms with Crippen molar-refractivity contribution in [1.82, 2.24) is 20.1 Å². The lowest BCUT2D eigenvalue weighted by atomic mass is 10.1. The maximum atomic E-state index is 12.6. The van der Waals surface area contributed by atoms with E-state index < -0.39 is 0 Å². The number of benzene rings is 2. The first-order valence-electron chi connectivity index (χ1n) is 9.87. The molecular formula is C22H23N5O2S. The fraction of sp³-hybridized carbons (Fsp3) is 0.273. The Morgan fingerprint density at radius 2 is 1.80 bits per heavy atom. The maximum absolute atomic E-state index is 12.6. The molecule has 154 valence electrons. The molecule has 1 fully saturated rings. The number of para-hydroxylation sites is 1. The zero-order chi connectivity index (χ0) is 20.9. The minimum atomic E-state index is -0.230. The molecule has 0 spiro atoms. The van der Waals surface area contributed by atoms with Crippen molar-refractivity contribution >= 4 is 29.3 Å². The lowest BCUT2D eigenvalue weighted by Gasteiger charge is -2.12. The van der Waals surface area contributed by atoms with Crippen LogP contribution in [0.4, 0.5) is 5.69 Å². The Hall–Kier alpha value is -3.13. The lowest BCUT2D eigenvalue weighted by Crippen LogP contribution is -2.25. The van der Waals surface area contributed by atoms with Crippen LogP contribution in [-0.4, -0.2) is 32.3 Å². The van der Waals surface area contributed by atoms with Gasteiger partial charge in [-0.1, -0.05) is 54.2 Å². The van der Waals surface area contributed by atoms with Crippen molar-refractivity contribution in [3.63, 3.8) is 0 Å². The minimum Gasteiger partial charge on any atom is -0.348 e. The van der Waals surface area contributed by atoms with E-state index in [1.54, 1.807) is 24.3 Å². The Kier molecular flexibility index (Phi) is 6.13. The average molecular weight is 422 g/mol. The standard InChI is InChI=1S/C22H23N5O2S/c1-15-25-26-22(27(15)17-11-12-17)30-14-20(28)24-19-10-6-5-9-18(19)21(29)23-13-16-7-3-2-4-8-16/h2-10,17H,11-14H2,1H3,(H,23,29)(H,24,28). The third kappa shape index (κ3) is 4.88. The highest BCUT2D eigenvalue weighted by Gasteiger charge is 2.28. The summed E-state index contributed by atoms with van der Waals surface area (Å²) in [6.45, 7) is 2.35. The van der Waals surface area contributed by atoms with E-state index in [2.05, 4.69) is 25.4 Å². The summed E-state index contributed by atoms with van der Waals surface area (Å²) in [6, 6.07) is 17.2. The lowest BCUT2D eigenvalue weighted by molar-refractivity contribution is -0.113. The van der Waals surface area contributed by atoms with Gasteiger partial charge in [-0.05, 0) is 37.5 Å². The fourth-order valence-electron chi connectivity index (χ4n) is 3.18. The normalized spacial score (nSPS) is 13.1. The van der Waals surface area contributed by atoms with E-state index in [1.807, 2.05) is 37.3 Å². The van der Waals surface area contributed by atoms with E-state index in [0.717, 1.165) is 29.4 Å². The maximum Gasteiger partial charge on any atom is 0.253 e. The van der Waals surface area contributed by atoms with Crippen molar-refractivity contribution in [2.45, 2.75) is 37.5 Å². The van der Waals surface area contributed by atoms with Crippen LogP contribution in [0.1, 0.15) is 40.6 Å². The number of carbonyl (C=O) groups is 2. The molecule has 4 rings (SSSR count). The third-order valence-corrected chi connectivity index (χ3v) is 5.76. The highest BCUT2D eigenvalue weighted by molar-refractivity contribution is 7.99. The summed E-state index contributed by atoms with van der Waals surface area (Å²) in [5.74, 6) is 0.656. The Labute approximate surface area is 179 Å². The molecule has 8 heteroatoms. The van der Waals surface area contributed by atoms with Crippen LogP contribution in [0, 0.1) is 6.92 Å². The molecule has 0 atom stereocenters. The summed E-state index contributed by atoms with van der Waals surface area (Å²) >= 11 is 1.36. The van der Waals surface area contributed by atoms with Crippen LogP contribution in [0.25, 0.3) is 0 Å². The van der Waals surface area contributed by atoms with Gasteiger partial charge in [-0.2, -0.15) is 0 Å². The first-order chi connectivity index (χ1) is 14.6. The van der Waals surface area contributed by atoms with E-state index in [1.165, 1.54) is 11.8 Å². The monoisotopic (exact) mass is 421 g/mol. The molecule has 0 saturated heterocycles. The summed E-state index contributed by atoms with van der Waals surface area (Å²) in [5, 5.41) is 14.8. The first kappa shape index (κ1) is 20.2. The summed E-state index contributed by atoms with van der Waals surface area (Å²) in [4.78, 5) is 25.2. The third-order valence-electron chi connectivity index (χ3n) is 4.82. The molecule has 2 amide bonds. The van der Waals surface area contributed by atoms with Gasteiger partial charge in [0.1, 0.15) is 5.82 Å². The number of thioether (sulfide) groups is 1. The molecule has 3 aromatic rings. The quantitative estimate of drug-likeness (QED) is 0.543. The van der Waals surface area contributed by atoms with Crippen molar-refractivity contribution in [2.24, 2.45) is 0 Å². The van der Waals surface area contributed by atoms with E-state index in [0.29, 0.717) is 23.8 Å². The topological polar surface area (TPSA) is 88.9 Å². The van der Waals surface area contributed by atoms with Crippen molar-refractivity contribution in [2.75, 3.05) is 11.1 Å². The minimum absolute atomic E-state index is 0.189. The second-order valence-electron chi connectivity index (χ2n) is 7.18. The Bertz CT molecular complexity index is 1050. The van der Waals surface area contributed by atoms with Crippen molar-refractivity contribution in [3.05, 3.63) is 71.5 Å². The zero-order valence-electron chi connectivity index (χ0n) is 16.7. The molecule has 1 saturated carbocycles. The molecule has 1 aliphatic rings. The van der Waals surface area contributed by atoms with Gasteiger partial charge in [0.25, 0.3) is 5.91 Å². The summed E-state index contributed by atoms with van der Waals surface area (Å²) in [5.41, 5.74) is 1.94. The Balaban J connectivity index is 1.36. The molecule has 1 aromatic heterocycles.